The van der Waals surface area contributed by atoms with Crippen LogP contribution in [0.15, 0.2) is 48.5 Å². The lowest BCUT2D eigenvalue weighted by molar-refractivity contribution is -0.123. The Labute approximate surface area is 171 Å². The molecular weight excluding hydrogens is 391 g/mol. The number of benzene rings is 2. The molecule has 5 nitrogen and oxygen atoms in total. The highest BCUT2D eigenvalue weighted by atomic mass is 32.2. The second kappa shape index (κ2) is 8.24. The van der Waals surface area contributed by atoms with E-state index in [9.17, 15) is 17.6 Å². The molecule has 0 atom stereocenters. The third kappa shape index (κ3) is 4.21. The molecule has 0 N–H and O–H groups in total. The van der Waals surface area contributed by atoms with Crippen LogP contribution in [0.2, 0.25) is 0 Å². The fraction of sp³-hybridized carbons (Fsp3) is 0.409. The van der Waals surface area contributed by atoms with E-state index in [-0.39, 0.29) is 23.1 Å². The summed E-state index contributed by atoms with van der Waals surface area (Å²) in [4.78, 5) is 15.0. The SMILES string of the molecule is O=C(C1CCN(S(=O)(=O)Cc2ccccc2F)CC1)N1CCCc2ccccc21. The van der Waals surface area contributed by atoms with Gasteiger partial charge in [0.05, 0.1) is 5.75 Å². The second-order valence-corrected chi connectivity index (χ2v) is 9.71. The van der Waals surface area contributed by atoms with Crippen molar-refractivity contribution in [1.82, 2.24) is 4.31 Å². The summed E-state index contributed by atoms with van der Waals surface area (Å²) in [5, 5.41) is 0. The molecule has 1 fully saturated rings. The van der Waals surface area contributed by atoms with E-state index in [1.54, 1.807) is 12.1 Å². The molecule has 0 aromatic heterocycles. The van der Waals surface area contributed by atoms with Gasteiger partial charge in [0.1, 0.15) is 5.82 Å². The summed E-state index contributed by atoms with van der Waals surface area (Å²) in [6, 6.07) is 13.9. The lowest BCUT2D eigenvalue weighted by Gasteiger charge is -2.36. The molecule has 0 aliphatic carbocycles. The van der Waals surface area contributed by atoms with Crippen LogP contribution in [0.3, 0.4) is 0 Å². The number of piperidine rings is 1. The summed E-state index contributed by atoms with van der Waals surface area (Å²) in [6.07, 6.45) is 2.91. The molecule has 1 saturated heterocycles. The maximum absolute atomic E-state index is 13.8. The van der Waals surface area contributed by atoms with Crippen LogP contribution >= 0.6 is 0 Å². The summed E-state index contributed by atoms with van der Waals surface area (Å²) in [5.41, 5.74) is 2.35. The summed E-state index contributed by atoms with van der Waals surface area (Å²) < 4.78 is 40.7. The maximum atomic E-state index is 13.8. The van der Waals surface area contributed by atoms with Gasteiger partial charge in [0.2, 0.25) is 15.9 Å². The van der Waals surface area contributed by atoms with Crippen molar-refractivity contribution < 1.29 is 17.6 Å². The number of sulfonamides is 1. The molecule has 0 saturated carbocycles. The maximum Gasteiger partial charge on any atom is 0.230 e. The van der Waals surface area contributed by atoms with Crippen molar-refractivity contribution in [3.8, 4) is 0 Å². The highest BCUT2D eigenvalue weighted by molar-refractivity contribution is 7.88. The van der Waals surface area contributed by atoms with Crippen molar-refractivity contribution in [2.75, 3.05) is 24.5 Å². The van der Waals surface area contributed by atoms with Crippen molar-refractivity contribution >= 4 is 21.6 Å². The van der Waals surface area contributed by atoms with E-state index in [4.69, 9.17) is 0 Å². The Bertz CT molecular complexity index is 1000. The standard InChI is InChI=1S/C22H25FN2O3S/c23-20-9-3-1-7-19(20)16-29(27,28)24-14-11-18(12-15-24)22(26)25-13-5-8-17-6-2-4-10-21(17)25/h1-4,6-7,9-10,18H,5,8,11-16H2. The van der Waals surface area contributed by atoms with Gasteiger partial charge < -0.3 is 4.90 Å². The molecule has 29 heavy (non-hydrogen) atoms. The fourth-order valence-corrected chi connectivity index (χ4v) is 5.84. The van der Waals surface area contributed by atoms with E-state index in [0.29, 0.717) is 32.5 Å². The Balaban J connectivity index is 1.41. The molecule has 154 valence electrons. The predicted octanol–water partition coefficient (Wildman–Crippen LogP) is 3.35. The number of para-hydroxylation sites is 1. The first-order valence-electron chi connectivity index (χ1n) is 10.1. The van der Waals surface area contributed by atoms with Crippen molar-refractivity contribution in [1.29, 1.82) is 0 Å². The Morgan fingerprint density at radius 3 is 2.45 bits per heavy atom. The number of hydrogen-bond acceptors (Lipinski definition) is 3. The number of amides is 1. The molecule has 2 aromatic carbocycles. The molecule has 0 spiro atoms. The smallest absolute Gasteiger partial charge is 0.230 e. The Hall–Kier alpha value is -2.25. The van der Waals surface area contributed by atoms with Gasteiger partial charge in [0.25, 0.3) is 0 Å². The third-order valence-corrected chi connectivity index (χ3v) is 7.70. The van der Waals surface area contributed by atoms with Crippen LogP contribution in [-0.2, 0) is 27.0 Å². The molecule has 0 radical (unpaired) electrons. The van der Waals surface area contributed by atoms with Gasteiger partial charge in [-0.3, -0.25) is 4.79 Å². The fourth-order valence-electron chi connectivity index (χ4n) is 4.27. The average molecular weight is 417 g/mol. The van der Waals surface area contributed by atoms with Crippen molar-refractivity contribution in [3.63, 3.8) is 0 Å². The monoisotopic (exact) mass is 416 g/mol. The van der Waals surface area contributed by atoms with Crippen LogP contribution in [0.5, 0.6) is 0 Å². The van der Waals surface area contributed by atoms with E-state index < -0.39 is 15.8 Å². The number of anilines is 1. The van der Waals surface area contributed by atoms with E-state index in [1.807, 2.05) is 23.1 Å². The molecule has 2 aliphatic heterocycles. The summed E-state index contributed by atoms with van der Waals surface area (Å²) in [6.45, 7) is 1.30. The molecular formula is C22H25FN2O3S. The summed E-state index contributed by atoms with van der Waals surface area (Å²) in [7, 11) is -3.61. The van der Waals surface area contributed by atoms with Crippen LogP contribution in [-0.4, -0.2) is 38.3 Å². The first-order chi connectivity index (χ1) is 14.0. The average Bonchev–Trinajstić information content (AvgIpc) is 2.74. The lowest BCUT2D eigenvalue weighted by Crippen LogP contribution is -2.46. The number of hydrogen-bond donors (Lipinski definition) is 0. The molecule has 2 aromatic rings. The Morgan fingerprint density at radius 2 is 1.69 bits per heavy atom. The molecule has 2 aliphatic rings. The first-order valence-corrected chi connectivity index (χ1v) is 11.7. The third-order valence-electron chi connectivity index (χ3n) is 5.87. The van der Waals surface area contributed by atoms with E-state index in [1.165, 1.54) is 22.0 Å². The van der Waals surface area contributed by atoms with E-state index >= 15 is 0 Å². The van der Waals surface area contributed by atoms with Crippen LogP contribution < -0.4 is 4.90 Å². The van der Waals surface area contributed by atoms with Gasteiger partial charge in [0.15, 0.2) is 0 Å². The van der Waals surface area contributed by atoms with Gasteiger partial charge in [-0.2, -0.15) is 0 Å². The van der Waals surface area contributed by atoms with Gasteiger partial charge in [-0.1, -0.05) is 36.4 Å². The van der Waals surface area contributed by atoms with E-state index in [0.717, 1.165) is 18.5 Å². The number of carbonyl (C=O) groups is 1. The molecule has 2 heterocycles. The first kappa shape index (κ1) is 20.0. The number of halogens is 1. The number of carbonyl (C=O) groups excluding carboxylic acids is 1. The summed E-state index contributed by atoms with van der Waals surface area (Å²) in [5.74, 6) is -0.952. The highest BCUT2D eigenvalue weighted by Crippen LogP contribution is 2.31. The summed E-state index contributed by atoms with van der Waals surface area (Å²) >= 11 is 0. The predicted molar refractivity (Wildman–Crippen MR) is 110 cm³/mol. The molecule has 0 unspecified atom stereocenters. The van der Waals surface area contributed by atoms with Crippen LogP contribution in [0.1, 0.15) is 30.4 Å². The zero-order chi connectivity index (χ0) is 20.4. The normalized spacial score (nSPS) is 18.4. The van der Waals surface area contributed by atoms with E-state index in [2.05, 4.69) is 6.07 Å². The quantitative estimate of drug-likeness (QED) is 0.768. The van der Waals surface area contributed by atoms with Crippen LogP contribution in [0, 0.1) is 11.7 Å². The van der Waals surface area contributed by atoms with Gasteiger partial charge >= 0.3 is 0 Å². The topological polar surface area (TPSA) is 57.7 Å². The van der Waals surface area contributed by atoms with Crippen molar-refractivity contribution in [2.45, 2.75) is 31.4 Å². The molecule has 1 amide bonds. The van der Waals surface area contributed by atoms with Gasteiger partial charge in [-0.25, -0.2) is 17.1 Å². The highest BCUT2D eigenvalue weighted by Gasteiger charge is 2.34. The minimum Gasteiger partial charge on any atom is -0.312 e. The van der Waals surface area contributed by atoms with Gasteiger partial charge in [0, 0.05) is 36.8 Å². The van der Waals surface area contributed by atoms with Gasteiger partial charge in [-0.15, -0.1) is 0 Å². The Morgan fingerprint density at radius 1 is 1.00 bits per heavy atom. The van der Waals surface area contributed by atoms with Crippen LogP contribution in [0.4, 0.5) is 10.1 Å². The van der Waals surface area contributed by atoms with Crippen LogP contribution in [0.25, 0.3) is 0 Å². The lowest BCUT2D eigenvalue weighted by atomic mass is 9.94. The Kier molecular flexibility index (Phi) is 5.69. The minimum atomic E-state index is -3.61. The number of rotatable bonds is 4. The molecule has 4 rings (SSSR count). The second-order valence-electron chi connectivity index (χ2n) is 7.74. The molecule has 0 bridgehead atoms. The number of fused-ring (bicyclic) bond motifs is 1. The van der Waals surface area contributed by atoms with Crippen molar-refractivity contribution in [2.24, 2.45) is 5.92 Å². The number of nitrogens with zero attached hydrogens (tertiary/aromatic N) is 2. The zero-order valence-electron chi connectivity index (χ0n) is 16.3. The molecule has 7 heteroatoms. The minimum absolute atomic E-state index is 0.0864. The van der Waals surface area contributed by atoms with Crippen molar-refractivity contribution in [3.05, 3.63) is 65.5 Å². The zero-order valence-corrected chi connectivity index (χ0v) is 17.1. The largest absolute Gasteiger partial charge is 0.312 e. The number of aryl methyl sites for hydroxylation is 1. The van der Waals surface area contributed by atoms with Gasteiger partial charge in [-0.05, 0) is 43.4 Å².